The van der Waals surface area contributed by atoms with Gasteiger partial charge in [0.05, 0.1) is 20.8 Å². The molecule has 2 aromatic rings. The molecule has 2 aromatic carbocycles. The maximum absolute atomic E-state index is 13.7. The summed E-state index contributed by atoms with van der Waals surface area (Å²) in [5.74, 6) is 0.781. The Labute approximate surface area is 124 Å². The van der Waals surface area contributed by atoms with Crippen molar-refractivity contribution >= 4 is 0 Å². The predicted molar refractivity (Wildman–Crippen MR) is 79.5 cm³/mol. The molecule has 4 heteroatoms. The molecule has 0 radical (unpaired) electrons. The average Bonchev–Trinajstić information content (AvgIpc) is 2.53. The van der Waals surface area contributed by atoms with Crippen molar-refractivity contribution in [2.45, 2.75) is 12.3 Å². The lowest BCUT2D eigenvalue weighted by Gasteiger charge is -2.17. The van der Waals surface area contributed by atoms with Crippen LogP contribution in [0.1, 0.15) is 17.0 Å². The van der Waals surface area contributed by atoms with E-state index >= 15 is 0 Å². The van der Waals surface area contributed by atoms with Crippen molar-refractivity contribution in [2.24, 2.45) is 0 Å². The van der Waals surface area contributed by atoms with Gasteiger partial charge in [-0.2, -0.15) is 0 Å². The third kappa shape index (κ3) is 3.52. The number of hydrogen-bond donors (Lipinski definition) is 1. The van der Waals surface area contributed by atoms with E-state index in [0.29, 0.717) is 23.5 Å². The van der Waals surface area contributed by atoms with Crippen LogP contribution in [0, 0.1) is 5.82 Å². The number of aliphatic hydroxyl groups excluding tert-OH is 1. The molecule has 0 aliphatic rings. The summed E-state index contributed by atoms with van der Waals surface area (Å²) in [6.07, 6.45) is 0.429. The van der Waals surface area contributed by atoms with E-state index < -0.39 is 0 Å². The van der Waals surface area contributed by atoms with Crippen LogP contribution in [-0.4, -0.2) is 25.9 Å². The molecule has 112 valence electrons. The molecule has 1 unspecified atom stereocenters. The van der Waals surface area contributed by atoms with Crippen molar-refractivity contribution in [3.63, 3.8) is 0 Å². The lowest BCUT2D eigenvalue weighted by Crippen LogP contribution is -2.09. The predicted octanol–water partition coefficient (Wildman–Crippen LogP) is 3.16. The second-order valence-electron chi connectivity index (χ2n) is 4.79. The van der Waals surface area contributed by atoms with Crippen LogP contribution in [0.5, 0.6) is 11.5 Å². The minimum atomic E-state index is -0.253. The summed E-state index contributed by atoms with van der Waals surface area (Å²) in [5.41, 5.74) is 1.48. The lowest BCUT2D eigenvalue weighted by molar-refractivity contribution is 0.263. The summed E-state index contributed by atoms with van der Waals surface area (Å²) in [4.78, 5) is 0. The molecule has 0 saturated carbocycles. The first-order chi connectivity index (χ1) is 10.2. The molecule has 0 heterocycles. The van der Waals surface area contributed by atoms with Crippen LogP contribution in [0.3, 0.4) is 0 Å². The van der Waals surface area contributed by atoms with E-state index in [-0.39, 0.29) is 18.3 Å². The third-order valence-corrected chi connectivity index (χ3v) is 3.52. The zero-order valence-corrected chi connectivity index (χ0v) is 12.2. The largest absolute Gasteiger partial charge is 0.493 e. The van der Waals surface area contributed by atoms with E-state index in [1.165, 1.54) is 6.07 Å². The molecule has 0 fully saturated rings. The van der Waals surface area contributed by atoms with Crippen LogP contribution in [-0.2, 0) is 6.42 Å². The maximum atomic E-state index is 13.7. The van der Waals surface area contributed by atoms with Gasteiger partial charge in [0.15, 0.2) is 11.5 Å². The van der Waals surface area contributed by atoms with E-state index in [4.69, 9.17) is 9.47 Å². The molecule has 0 spiro atoms. The van der Waals surface area contributed by atoms with Crippen molar-refractivity contribution in [1.29, 1.82) is 0 Å². The SMILES string of the molecule is COc1ccc(C(CO)Cc2ccccc2F)cc1OC. The number of benzene rings is 2. The van der Waals surface area contributed by atoms with Gasteiger partial charge in [0.1, 0.15) is 5.82 Å². The Balaban J connectivity index is 2.27. The van der Waals surface area contributed by atoms with E-state index in [1.54, 1.807) is 38.5 Å². The number of halogens is 1. The van der Waals surface area contributed by atoms with Gasteiger partial charge in [-0.1, -0.05) is 24.3 Å². The standard InChI is InChI=1S/C17H19FO3/c1-20-16-8-7-12(10-17(16)21-2)14(11-19)9-13-5-3-4-6-15(13)18/h3-8,10,14,19H,9,11H2,1-2H3. The molecule has 0 aromatic heterocycles. The van der Waals surface area contributed by atoms with Crippen LogP contribution >= 0.6 is 0 Å². The number of aliphatic hydroxyl groups is 1. The highest BCUT2D eigenvalue weighted by Gasteiger charge is 2.16. The average molecular weight is 290 g/mol. The Bertz CT molecular complexity index is 598. The molecule has 3 nitrogen and oxygen atoms in total. The Morgan fingerprint density at radius 2 is 1.76 bits per heavy atom. The minimum absolute atomic E-state index is 0.0657. The van der Waals surface area contributed by atoms with Crippen LogP contribution in [0.25, 0.3) is 0 Å². The fraction of sp³-hybridized carbons (Fsp3) is 0.294. The zero-order chi connectivity index (χ0) is 15.2. The molecule has 1 atom stereocenters. The van der Waals surface area contributed by atoms with Gasteiger partial charge in [-0.05, 0) is 35.7 Å². The van der Waals surface area contributed by atoms with Crippen LogP contribution in [0.4, 0.5) is 4.39 Å². The summed E-state index contributed by atoms with van der Waals surface area (Å²) in [6, 6.07) is 12.1. The first kappa shape index (κ1) is 15.3. The van der Waals surface area contributed by atoms with Crippen LogP contribution < -0.4 is 9.47 Å². The molecule has 2 rings (SSSR count). The normalized spacial score (nSPS) is 12.0. The molecular weight excluding hydrogens is 271 g/mol. The van der Waals surface area contributed by atoms with Crippen molar-refractivity contribution in [3.05, 3.63) is 59.4 Å². The first-order valence-corrected chi connectivity index (χ1v) is 6.75. The molecular formula is C17H19FO3. The van der Waals surface area contributed by atoms with Crippen molar-refractivity contribution in [3.8, 4) is 11.5 Å². The van der Waals surface area contributed by atoms with Gasteiger partial charge in [-0.3, -0.25) is 0 Å². The lowest BCUT2D eigenvalue weighted by atomic mass is 9.92. The Hall–Kier alpha value is -2.07. The summed E-state index contributed by atoms with van der Waals surface area (Å²) in [7, 11) is 3.13. The summed E-state index contributed by atoms with van der Waals surface area (Å²) in [5, 5.41) is 9.63. The zero-order valence-electron chi connectivity index (χ0n) is 12.2. The van der Waals surface area contributed by atoms with Gasteiger partial charge in [0, 0.05) is 5.92 Å². The quantitative estimate of drug-likeness (QED) is 0.888. The van der Waals surface area contributed by atoms with E-state index in [0.717, 1.165) is 5.56 Å². The van der Waals surface area contributed by atoms with Gasteiger partial charge < -0.3 is 14.6 Å². The van der Waals surface area contributed by atoms with Gasteiger partial charge in [-0.15, -0.1) is 0 Å². The Morgan fingerprint density at radius 3 is 2.38 bits per heavy atom. The number of ether oxygens (including phenoxy) is 2. The topological polar surface area (TPSA) is 38.7 Å². The second kappa shape index (κ2) is 7.09. The molecule has 0 saturated heterocycles. The number of rotatable bonds is 6. The van der Waals surface area contributed by atoms with E-state index in [9.17, 15) is 9.50 Å². The highest BCUT2D eigenvalue weighted by atomic mass is 19.1. The first-order valence-electron chi connectivity index (χ1n) is 6.75. The van der Waals surface area contributed by atoms with Gasteiger partial charge in [0.25, 0.3) is 0 Å². The Kier molecular flexibility index (Phi) is 5.17. The molecule has 0 bridgehead atoms. The van der Waals surface area contributed by atoms with E-state index in [1.807, 2.05) is 12.1 Å². The monoisotopic (exact) mass is 290 g/mol. The van der Waals surface area contributed by atoms with Crippen molar-refractivity contribution in [2.75, 3.05) is 20.8 Å². The molecule has 0 aliphatic carbocycles. The smallest absolute Gasteiger partial charge is 0.160 e. The van der Waals surface area contributed by atoms with Gasteiger partial charge in [0.2, 0.25) is 0 Å². The minimum Gasteiger partial charge on any atom is -0.493 e. The van der Waals surface area contributed by atoms with Gasteiger partial charge >= 0.3 is 0 Å². The van der Waals surface area contributed by atoms with Crippen molar-refractivity contribution < 1.29 is 19.0 Å². The molecule has 0 aliphatic heterocycles. The Morgan fingerprint density at radius 1 is 1.05 bits per heavy atom. The summed E-state index contributed by atoms with van der Waals surface area (Å²) in [6.45, 7) is -0.0657. The van der Waals surface area contributed by atoms with Crippen LogP contribution in [0.2, 0.25) is 0 Å². The highest BCUT2D eigenvalue weighted by Crippen LogP contribution is 2.32. The van der Waals surface area contributed by atoms with Crippen molar-refractivity contribution in [1.82, 2.24) is 0 Å². The highest BCUT2D eigenvalue weighted by molar-refractivity contribution is 5.44. The van der Waals surface area contributed by atoms with Gasteiger partial charge in [-0.25, -0.2) is 4.39 Å². The maximum Gasteiger partial charge on any atom is 0.160 e. The third-order valence-electron chi connectivity index (χ3n) is 3.52. The summed E-state index contributed by atoms with van der Waals surface area (Å²) >= 11 is 0. The fourth-order valence-electron chi connectivity index (χ4n) is 2.32. The molecule has 21 heavy (non-hydrogen) atoms. The van der Waals surface area contributed by atoms with Crippen LogP contribution in [0.15, 0.2) is 42.5 Å². The molecule has 1 N–H and O–H groups in total. The second-order valence-corrected chi connectivity index (χ2v) is 4.79. The fourth-order valence-corrected chi connectivity index (χ4v) is 2.32. The number of hydrogen-bond acceptors (Lipinski definition) is 3. The summed E-state index contributed by atoms with van der Waals surface area (Å²) < 4.78 is 24.2. The number of methoxy groups -OCH3 is 2. The molecule has 0 amide bonds. The van der Waals surface area contributed by atoms with E-state index in [2.05, 4.69) is 0 Å².